The first kappa shape index (κ1) is 14.4. The fraction of sp³-hybridized carbons (Fsp3) is 0.500. The summed E-state index contributed by atoms with van der Waals surface area (Å²) in [6.45, 7) is 6.00. The first-order chi connectivity index (χ1) is 8.35. The van der Waals surface area contributed by atoms with E-state index in [4.69, 9.17) is 4.74 Å². The summed E-state index contributed by atoms with van der Waals surface area (Å²) in [7, 11) is 3.20. The third-order valence-corrected chi connectivity index (χ3v) is 3.53. The van der Waals surface area contributed by atoms with Gasteiger partial charge in [0.2, 0.25) is 0 Å². The highest BCUT2D eigenvalue weighted by Crippen LogP contribution is 2.31. The average molecular weight is 251 g/mol. The number of carbonyl (C=O) groups is 1. The Bertz CT molecular complexity index is 441. The van der Waals surface area contributed by atoms with Gasteiger partial charge in [0.15, 0.2) is 11.5 Å². The summed E-state index contributed by atoms with van der Waals surface area (Å²) in [5.74, 6) is -0.00874. The average Bonchev–Trinajstić information content (AvgIpc) is 2.37. The zero-order valence-corrected chi connectivity index (χ0v) is 11.7. The predicted octanol–water partition coefficient (Wildman–Crippen LogP) is 2.66. The Labute approximate surface area is 108 Å². The Morgan fingerprint density at radius 3 is 2.56 bits per heavy atom. The standard InChI is InChI=1S/C14H21NO3/c1-6-14(2,3)15(4)13(17)10-8-7-9-11(18-5)12(10)16/h7-9,16H,6H2,1-5H3. The molecule has 0 atom stereocenters. The van der Waals surface area contributed by atoms with Crippen molar-refractivity contribution < 1.29 is 14.6 Å². The molecule has 0 saturated heterocycles. The molecule has 4 heteroatoms. The van der Waals surface area contributed by atoms with Crippen LogP contribution in [0.2, 0.25) is 0 Å². The van der Waals surface area contributed by atoms with E-state index in [1.54, 1.807) is 30.1 Å². The van der Waals surface area contributed by atoms with Gasteiger partial charge in [-0.2, -0.15) is 0 Å². The number of hydrogen-bond acceptors (Lipinski definition) is 3. The molecule has 0 aliphatic carbocycles. The Kier molecular flexibility index (Phi) is 4.22. The van der Waals surface area contributed by atoms with Gasteiger partial charge in [-0.15, -0.1) is 0 Å². The summed E-state index contributed by atoms with van der Waals surface area (Å²) in [6, 6.07) is 4.91. The zero-order chi connectivity index (χ0) is 13.9. The van der Waals surface area contributed by atoms with Crippen molar-refractivity contribution in [1.29, 1.82) is 0 Å². The van der Waals surface area contributed by atoms with Gasteiger partial charge in [0.1, 0.15) is 0 Å². The minimum Gasteiger partial charge on any atom is -0.504 e. The first-order valence-electron chi connectivity index (χ1n) is 5.99. The summed E-state index contributed by atoms with van der Waals surface area (Å²) < 4.78 is 5.01. The van der Waals surface area contributed by atoms with Crippen molar-refractivity contribution >= 4 is 5.91 Å². The molecule has 0 heterocycles. The lowest BCUT2D eigenvalue weighted by Gasteiger charge is -2.35. The van der Waals surface area contributed by atoms with Crippen LogP contribution in [-0.2, 0) is 0 Å². The molecule has 18 heavy (non-hydrogen) atoms. The van der Waals surface area contributed by atoms with Crippen molar-refractivity contribution in [3.63, 3.8) is 0 Å². The van der Waals surface area contributed by atoms with Crippen molar-refractivity contribution in [2.75, 3.05) is 14.2 Å². The molecular formula is C14H21NO3. The lowest BCUT2D eigenvalue weighted by atomic mass is 9.98. The molecule has 1 amide bonds. The molecule has 0 radical (unpaired) electrons. The first-order valence-corrected chi connectivity index (χ1v) is 5.99. The van der Waals surface area contributed by atoms with Gasteiger partial charge in [0, 0.05) is 12.6 Å². The number of carbonyl (C=O) groups excluding carboxylic acids is 1. The molecule has 0 aliphatic rings. The van der Waals surface area contributed by atoms with Crippen LogP contribution in [0.3, 0.4) is 0 Å². The fourth-order valence-electron chi connectivity index (χ4n) is 1.55. The normalized spacial score (nSPS) is 11.2. The molecular weight excluding hydrogens is 230 g/mol. The van der Waals surface area contributed by atoms with E-state index < -0.39 is 0 Å². The second-order valence-electron chi connectivity index (χ2n) is 4.89. The van der Waals surface area contributed by atoms with Crippen LogP contribution in [0.4, 0.5) is 0 Å². The predicted molar refractivity (Wildman–Crippen MR) is 71.1 cm³/mol. The maximum Gasteiger partial charge on any atom is 0.257 e. The van der Waals surface area contributed by atoms with Crippen LogP contribution in [0.1, 0.15) is 37.6 Å². The number of nitrogens with zero attached hydrogens (tertiary/aromatic N) is 1. The second kappa shape index (κ2) is 5.29. The van der Waals surface area contributed by atoms with E-state index in [1.807, 2.05) is 20.8 Å². The molecule has 1 N–H and O–H groups in total. The van der Waals surface area contributed by atoms with Crippen LogP contribution in [0.15, 0.2) is 18.2 Å². The highest BCUT2D eigenvalue weighted by atomic mass is 16.5. The van der Waals surface area contributed by atoms with Crippen LogP contribution < -0.4 is 4.74 Å². The molecule has 1 aromatic carbocycles. The fourth-order valence-corrected chi connectivity index (χ4v) is 1.55. The van der Waals surface area contributed by atoms with Gasteiger partial charge in [-0.05, 0) is 32.4 Å². The van der Waals surface area contributed by atoms with Crippen molar-refractivity contribution in [3.05, 3.63) is 23.8 Å². The Morgan fingerprint density at radius 1 is 1.44 bits per heavy atom. The van der Waals surface area contributed by atoms with Crippen LogP contribution in [-0.4, -0.2) is 35.6 Å². The van der Waals surface area contributed by atoms with E-state index in [0.29, 0.717) is 5.75 Å². The number of phenols is 1. The quantitative estimate of drug-likeness (QED) is 0.895. The van der Waals surface area contributed by atoms with E-state index in [0.717, 1.165) is 6.42 Å². The molecule has 0 unspecified atom stereocenters. The molecule has 0 fully saturated rings. The van der Waals surface area contributed by atoms with Gasteiger partial charge >= 0.3 is 0 Å². The molecule has 0 saturated carbocycles. The van der Waals surface area contributed by atoms with Crippen molar-refractivity contribution in [2.45, 2.75) is 32.7 Å². The minimum atomic E-state index is -0.257. The molecule has 4 nitrogen and oxygen atoms in total. The molecule has 0 spiro atoms. The largest absolute Gasteiger partial charge is 0.504 e. The van der Waals surface area contributed by atoms with Gasteiger partial charge in [0.25, 0.3) is 5.91 Å². The highest BCUT2D eigenvalue weighted by Gasteiger charge is 2.28. The summed E-state index contributed by atoms with van der Waals surface area (Å²) in [5.41, 5.74) is 0.00504. The second-order valence-corrected chi connectivity index (χ2v) is 4.89. The minimum absolute atomic E-state index is 0.108. The lowest BCUT2D eigenvalue weighted by Crippen LogP contribution is -2.44. The summed E-state index contributed by atoms with van der Waals surface area (Å²) in [5, 5.41) is 9.97. The number of benzene rings is 1. The van der Waals surface area contributed by atoms with Gasteiger partial charge in [-0.1, -0.05) is 13.0 Å². The number of para-hydroxylation sites is 1. The maximum atomic E-state index is 12.3. The molecule has 0 bridgehead atoms. The Balaban J connectivity index is 3.12. The van der Waals surface area contributed by atoms with Crippen molar-refractivity contribution in [1.82, 2.24) is 4.90 Å². The van der Waals surface area contributed by atoms with Gasteiger partial charge in [-0.3, -0.25) is 4.79 Å². The number of aromatic hydroxyl groups is 1. The maximum absolute atomic E-state index is 12.3. The molecule has 0 aromatic heterocycles. The monoisotopic (exact) mass is 251 g/mol. The van der Waals surface area contributed by atoms with Crippen LogP contribution in [0.25, 0.3) is 0 Å². The Morgan fingerprint density at radius 2 is 2.06 bits per heavy atom. The van der Waals surface area contributed by atoms with E-state index >= 15 is 0 Å². The number of hydrogen-bond donors (Lipinski definition) is 1. The van der Waals surface area contributed by atoms with E-state index in [-0.39, 0.29) is 22.8 Å². The van der Waals surface area contributed by atoms with Crippen LogP contribution >= 0.6 is 0 Å². The lowest BCUT2D eigenvalue weighted by molar-refractivity contribution is 0.0616. The SMILES string of the molecule is CCC(C)(C)N(C)C(=O)c1cccc(OC)c1O. The number of methoxy groups -OCH3 is 1. The summed E-state index contributed by atoms with van der Waals surface area (Å²) in [4.78, 5) is 14.0. The topological polar surface area (TPSA) is 49.8 Å². The number of amides is 1. The van der Waals surface area contributed by atoms with E-state index in [2.05, 4.69) is 0 Å². The number of rotatable bonds is 4. The molecule has 0 aliphatic heterocycles. The van der Waals surface area contributed by atoms with Crippen LogP contribution in [0.5, 0.6) is 11.5 Å². The molecule has 1 rings (SSSR count). The molecule has 100 valence electrons. The van der Waals surface area contributed by atoms with Gasteiger partial charge in [-0.25, -0.2) is 0 Å². The van der Waals surface area contributed by atoms with Crippen molar-refractivity contribution in [2.24, 2.45) is 0 Å². The third-order valence-electron chi connectivity index (χ3n) is 3.53. The number of phenolic OH excluding ortho intramolecular Hbond substituents is 1. The van der Waals surface area contributed by atoms with Gasteiger partial charge < -0.3 is 14.7 Å². The van der Waals surface area contributed by atoms with E-state index in [9.17, 15) is 9.90 Å². The highest BCUT2D eigenvalue weighted by molar-refractivity contribution is 5.97. The van der Waals surface area contributed by atoms with E-state index in [1.165, 1.54) is 7.11 Å². The third kappa shape index (κ3) is 2.58. The van der Waals surface area contributed by atoms with Crippen LogP contribution in [0, 0.1) is 0 Å². The van der Waals surface area contributed by atoms with Crippen molar-refractivity contribution in [3.8, 4) is 11.5 Å². The number of ether oxygens (including phenoxy) is 1. The smallest absolute Gasteiger partial charge is 0.257 e. The molecule has 1 aromatic rings. The Hall–Kier alpha value is -1.71. The zero-order valence-electron chi connectivity index (χ0n) is 11.7. The summed E-state index contributed by atoms with van der Waals surface area (Å²) >= 11 is 0. The summed E-state index contributed by atoms with van der Waals surface area (Å²) in [6.07, 6.45) is 0.833. The van der Waals surface area contributed by atoms with Gasteiger partial charge in [0.05, 0.1) is 12.7 Å².